The zero-order valence-corrected chi connectivity index (χ0v) is 12.5. The van der Waals surface area contributed by atoms with Gasteiger partial charge in [0.05, 0.1) is 12.4 Å². The van der Waals surface area contributed by atoms with E-state index in [0.717, 1.165) is 39.1 Å². The van der Waals surface area contributed by atoms with Crippen LogP contribution in [0, 0.1) is 0 Å². The van der Waals surface area contributed by atoms with Crippen molar-refractivity contribution < 1.29 is 9.90 Å². The van der Waals surface area contributed by atoms with Gasteiger partial charge in [0.2, 0.25) is 0 Å². The molecule has 1 rings (SSSR count). The monoisotopic (exact) mass is 280 g/mol. The van der Waals surface area contributed by atoms with E-state index in [4.69, 9.17) is 5.11 Å². The maximum atomic E-state index is 10.9. The maximum Gasteiger partial charge on any atom is 0.356 e. The molecule has 0 aliphatic carbocycles. The van der Waals surface area contributed by atoms with Crippen molar-refractivity contribution in [3.63, 3.8) is 0 Å². The summed E-state index contributed by atoms with van der Waals surface area (Å²) < 4.78 is 0. The van der Waals surface area contributed by atoms with E-state index in [2.05, 4.69) is 33.6 Å². The smallest absolute Gasteiger partial charge is 0.356 e. The van der Waals surface area contributed by atoms with Gasteiger partial charge < -0.3 is 14.9 Å². The normalized spacial score (nSPS) is 10.8. The van der Waals surface area contributed by atoms with Gasteiger partial charge in [0.15, 0.2) is 5.69 Å². The highest BCUT2D eigenvalue weighted by molar-refractivity contribution is 5.85. The Morgan fingerprint density at radius 2 is 1.85 bits per heavy atom. The van der Waals surface area contributed by atoms with Crippen molar-refractivity contribution >= 4 is 11.8 Å². The molecule has 1 aromatic rings. The average molecular weight is 280 g/mol. The molecule has 0 atom stereocenters. The van der Waals surface area contributed by atoms with Crippen molar-refractivity contribution in [2.24, 2.45) is 0 Å². The van der Waals surface area contributed by atoms with Crippen LogP contribution in [-0.2, 0) is 0 Å². The van der Waals surface area contributed by atoms with Crippen molar-refractivity contribution in [3.05, 3.63) is 18.1 Å². The lowest BCUT2D eigenvalue weighted by Crippen LogP contribution is -2.30. The van der Waals surface area contributed by atoms with Crippen molar-refractivity contribution in [1.82, 2.24) is 14.9 Å². The fraction of sp³-hybridized carbons (Fsp3) is 0.643. The Hall–Kier alpha value is -1.69. The van der Waals surface area contributed by atoms with Crippen molar-refractivity contribution in [2.45, 2.75) is 27.2 Å². The second-order valence-corrected chi connectivity index (χ2v) is 4.53. The fourth-order valence-electron chi connectivity index (χ4n) is 2.07. The Morgan fingerprint density at radius 3 is 2.40 bits per heavy atom. The molecule has 0 radical (unpaired) electrons. The van der Waals surface area contributed by atoms with Gasteiger partial charge in [-0.2, -0.15) is 0 Å². The molecular weight excluding hydrogens is 256 g/mol. The molecule has 0 saturated heterocycles. The molecule has 0 aliphatic heterocycles. The molecule has 20 heavy (non-hydrogen) atoms. The molecule has 6 nitrogen and oxygen atoms in total. The lowest BCUT2D eigenvalue weighted by Gasteiger charge is -2.24. The summed E-state index contributed by atoms with van der Waals surface area (Å²) in [7, 11) is 0. The van der Waals surface area contributed by atoms with E-state index in [1.807, 2.05) is 6.92 Å². The third-order valence-corrected chi connectivity index (χ3v) is 3.34. The summed E-state index contributed by atoms with van der Waals surface area (Å²) >= 11 is 0. The lowest BCUT2D eigenvalue weighted by atomic mass is 10.3. The fourth-order valence-corrected chi connectivity index (χ4v) is 2.07. The number of hydrogen-bond donors (Lipinski definition) is 1. The highest BCUT2D eigenvalue weighted by Gasteiger charge is 2.11. The van der Waals surface area contributed by atoms with Crippen LogP contribution in [0.15, 0.2) is 12.4 Å². The highest BCUT2D eigenvalue weighted by atomic mass is 16.4. The number of rotatable bonds is 9. The van der Waals surface area contributed by atoms with Gasteiger partial charge in [-0.15, -0.1) is 0 Å². The molecular formula is C14H24N4O2. The number of aromatic nitrogens is 2. The SMILES string of the molecule is CCN(CC)CCCN(CC)c1cncc(C(=O)O)n1. The molecule has 1 heterocycles. The Morgan fingerprint density at radius 1 is 1.15 bits per heavy atom. The molecule has 0 spiro atoms. The van der Waals surface area contributed by atoms with Crippen LogP contribution in [0.4, 0.5) is 5.82 Å². The molecule has 1 aromatic heterocycles. The van der Waals surface area contributed by atoms with Crippen molar-refractivity contribution in [3.8, 4) is 0 Å². The van der Waals surface area contributed by atoms with Crippen LogP contribution in [0.5, 0.6) is 0 Å². The van der Waals surface area contributed by atoms with Crippen LogP contribution >= 0.6 is 0 Å². The first-order chi connectivity index (χ1) is 9.62. The lowest BCUT2D eigenvalue weighted by molar-refractivity contribution is 0.0690. The number of carboxylic acid groups (broad SMARTS) is 1. The summed E-state index contributed by atoms with van der Waals surface area (Å²) in [6.45, 7) is 11.1. The minimum Gasteiger partial charge on any atom is -0.476 e. The van der Waals surface area contributed by atoms with Gasteiger partial charge in [-0.3, -0.25) is 4.98 Å². The highest BCUT2D eigenvalue weighted by Crippen LogP contribution is 2.10. The molecule has 0 unspecified atom stereocenters. The van der Waals surface area contributed by atoms with E-state index in [0.29, 0.717) is 5.82 Å². The largest absolute Gasteiger partial charge is 0.476 e. The van der Waals surface area contributed by atoms with Crippen LogP contribution in [-0.4, -0.2) is 58.7 Å². The van der Waals surface area contributed by atoms with E-state index in [9.17, 15) is 4.79 Å². The maximum absolute atomic E-state index is 10.9. The van der Waals surface area contributed by atoms with Crippen LogP contribution in [0.25, 0.3) is 0 Å². The minimum atomic E-state index is -1.04. The number of carboxylic acids is 1. The van der Waals surface area contributed by atoms with Gasteiger partial charge in [0.25, 0.3) is 0 Å². The molecule has 0 saturated carbocycles. The third kappa shape index (κ3) is 4.77. The average Bonchev–Trinajstić information content (AvgIpc) is 2.48. The minimum absolute atomic E-state index is 0.00954. The molecule has 0 fully saturated rings. The van der Waals surface area contributed by atoms with Crippen molar-refractivity contribution in [1.29, 1.82) is 0 Å². The predicted molar refractivity (Wildman–Crippen MR) is 79.3 cm³/mol. The first-order valence-corrected chi connectivity index (χ1v) is 7.14. The van der Waals surface area contributed by atoms with Crippen LogP contribution in [0.1, 0.15) is 37.7 Å². The first-order valence-electron chi connectivity index (χ1n) is 7.14. The molecule has 0 bridgehead atoms. The van der Waals surface area contributed by atoms with Crippen LogP contribution < -0.4 is 4.90 Å². The Kier molecular flexibility index (Phi) is 6.93. The molecule has 1 N–H and O–H groups in total. The first kappa shape index (κ1) is 16.4. The zero-order chi connectivity index (χ0) is 15.0. The third-order valence-electron chi connectivity index (χ3n) is 3.34. The number of aromatic carboxylic acids is 1. The number of hydrogen-bond acceptors (Lipinski definition) is 5. The molecule has 6 heteroatoms. The summed E-state index contributed by atoms with van der Waals surface area (Å²) in [5, 5.41) is 8.95. The number of nitrogens with zero attached hydrogens (tertiary/aromatic N) is 4. The van der Waals surface area contributed by atoms with Gasteiger partial charge in [-0.05, 0) is 33.0 Å². The van der Waals surface area contributed by atoms with Crippen molar-refractivity contribution in [2.75, 3.05) is 37.6 Å². The number of carbonyl (C=O) groups is 1. The van der Waals surface area contributed by atoms with E-state index >= 15 is 0 Å². The number of anilines is 1. The Bertz CT molecular complexity index is 421. The van der Waals surface area contributed by atoms with E-state index in [1.54, 1.807) is 6.20 Å². The van der Waals surface area contributed by atoms with Crippen LogP contribution in [0.3, 0.4) is 0 Å². The summed E-state index contributed by atoms with van der Waals surface area (Å²) in [5.41, 5.74) is -0.00954. The molecule has 0 amide bonds. The summed E-state index contributed by atoms with van der Waals surface area (Å²) in [4.78, 5) is 23.4. The van der Waals surface area contributed by atoms with Crippen LogP contribution in [0.2, 0.25) is 0 Å². The van der Waals surface area contributed by atoms with E-state index < -0.39 is 5.97 Å². The Balaban J connectivity index is 2.62. The molecule has 0 aromatic carbocycles. The predicted octanol–water partition coefficient (Wildman–Crippen LogP) is 1.73. The summed E-state index contributed by atoms with van der Waals surface area (Å²) in [5.74, 6) is -0.412. The summed E-state index contributed by atoms with van der Waals surface area (Å²) in [6, 6.07) is 0. The zero-order valence-electron chi connectivity index (χ0n) is 12.5. The second-order valence-electron chi connectivity index (χ2n) is 4.53. The molecule has 0 aliphatic rings. The van der Waals surface area contributed by atoms with Gasteiger partial charge in [-0.25, -0.2) is 9.78 Å². The van der Waals surface area contributed by atoms with Gasteiger partial charge in [0, 0.05) is 13.1 Å². The Labute approximate surface area is 120 Å². The second kappa shape index (κ2) is 8.47. The van der Waals surface area contributed by atoms with Gasteiger partial charge >= 0.3 is 5.97 Å². The van der Waals surface area contributed by atoms with E-state index in [1.165, 1.54) is 6.20 Å². The quantitative estimate of drug-likeness (QED) is 0.743. The summed E-state index contributed by atoms with van der Waals surface area (Å²) in [6.07, 6.45) is 3.91. The standard InChI is InChI=1S/C14H24N4O2/c1-4-17(5-2)8-7-9-18(6-3)13-11-15-10-12(16-13)14(19)20/h10-11H,4-9H2,1-3H3,(H,19,20). The van der Waals surface area contributed by atoms with E-state index in [-0.39, 0.29) is 5.69 Å². The topological polar surface area (TPSA) is 69.6 Å². The molecule has 112 valence electrons. The van der Waals surface area contributed by atoms with Gasteiger partial charge in [-0.1, -0.05) is 13.8 Å². The van der Waals surface area contributed by atoms with Gasteiger partial charge in [0.1, 0.15) is 5.82 Å².